The number of likely N-dealkylation sites (tertiary alicyclic amines) is 1. The molecule has 0 radical (unpaired) electrons. The zero-order valence-corrected chi connectivity index (χ0v) is 26.2. The van der Waals surface area contributed by atoms with Gasteiger partial charge in [0.2, 0.25) is 5.95 Å². The molecule has 3 heterocycles. The molecule has 3 fully saturated rings. The van der Waals surface area contributed by atoms with Crippen molar-refractivity contribution in [1.82, 2.24) is 30.2 Å². The van der Waals surface area contributed by atoms with Crippen LogP contribution in [0, 0.1) is 0 Å². The van der Waals surface area contributed by atoms with E-state index in [-0.39, 0.29) is 37.2 Å². The van der Waals surface area contributed by atoms with Gasteiger partial charge < -0.3 is 20.8 Å². The van der Waals surface area contributed by atoms with Crippen LogP contribution in [0.25, 0.3) is 11.2 Å². The minimum absolute atomic E-state index is 0. The number of piperidine rings is 1. The summed E-state index contributed by atoms with van der Waals surface area (Å²) in [7, 11) is 1.76. The average molecular weight is 628 g/mol. The largest absolute Gasteiger partial charge is 0.496 e. The third-order valence-corrected chi connectivity index (χ3v) is 8.85. The van der Waals surface area contributed by atoms with Crippen molar-refractivity contribution in [3.63, 3.8) is 0 Å². The third-order valence-electron chi connectivity index (χ3n) is 8.85. The number of anilines is 1. The summed E-state index contributed by atoms with van der Waals surface area (Å²) in [6, 6.07) is 9.60. The van der Waals surface area contributed by atoms with E-state index >= 15 is 0 Å². The predicted octanol–water partition coefficient (Wildman–Crippen LogP) is 5.55. The molecule has 0 spiro atoms. The summed E-state index contributed by atoms with van der Waals surface area (Å²) in [6.07, 6.45) is 13.5. The number of rotatable bonds is 8. The van der Waals surface area contributed by atoms with Crippen molar-refractivity contribution in [2.45, 2.75) is 101 Å². The molecule has 12 heteroatoms. The number of imidazole rings is 1. The zero-order valence-electron chi connectivity index (χ0n) is 23.8. The van der Waals surface area contributed by atoms with Crippen LogP contribution in [0.4, 0.5) is 5.95 Å². The Hall–Kier alpha value is -1.88. The Morgan fingerprint density at radius 2 is 1.76 bits per heavy atom. The first-order valence-corrected chi connectivity index (χ1v) is 14.5. The minimum atomic E-state index is 0. The molecule has 3 atom stereocenters. The van der Waals surface area contributed by atoms with Gasteiger partial charge in [-0.3, -0.25) is 10.2 Å². The van der Waals surface area contributed by atoms with Gasteiger partial charge in [0.1, 0.15) is 11.3 Å². The lowest BCUT2D eigenvalue weighted by atomic mass is 9.92. The fourth-order valence-electron chi connectivity index (χ4n) is 6.74. The molecular weight excluding hydrogens is 583 g/mol. The van der Waals surface area contributed by atoms with Crippen LogP contribution in [0.3, 0.4) is 0 Å². The number of nitrogens with zero attached hydrogens (tertiary/aromatic N) is 4. The molecule has 2 saturated carbocycles. The number of fused-ring (bicyclic) bond motifs is 1. The number of benzene rings is 1. The van der Waals surface area contributed by atoms with E-state index in [1.165, 1.54) is 24.8 Å². The second kappa shape index (κ2) is 15.5. The monoisotopic (exact) mass is 626 g/mol. The molecule has 3 unspecified atom stereocenters. The number of aromatic nitrogens is 4. The SMILES string of the molecule is COc1ccccc1CN1CCCCC1NC1CCC(c2nc(NC3CCC(N)CC3)nc3nc[nH]c23)C1.Cl.Cl.Cl. The first-order chi connectivity index (χ1) is 18.7. The van der Waals surface area contributed by atoms with Crippen molar-refractivity contribution in [2.24, 2.45) is 5.73 Å². The summed E-state index contributed by atoms with van der Waals surface area (Å²) in [5.74, 6) is 2.09. The van der Waals surface area contributed by atoms with E-state index < -0.39 is 0 Å². The maximum absolute atomic E-state index is 6.11. The highest BCUT2D eigenvalue weighted by molar-refractivity contribution is 5.86. The summed E-state index contributed by atoms with van der Waals surface area (Å²) in [5, 5.41) is 7.64. The second-order valence-corrected chi connectivity index (χ2v) is 11.5. The number of methoxy groups -OCH3 is 1. The van der Waals surface area contributed by atoms with Crippen molar-refractivity contribution in [1.29, 1.82) is 0 Å². The van der Waals surface area contributed by atoms with Crippen molar-refractivity contribution in [3.05, 3.63) is 41.9 Å². The number of nitrogens with two attached hydrogens (primary N) is 1. The zero-order chi connectivity index (χ0) is 25.9. The Kier molecular flexibility index (Phi) is 12.8. The number of aromatic amines is 1. The Balaban J connectivity index is 0.00000154. The van der Waals surface area contributed by atoms with Crippen molar-refractivity contribution in [2.75, 3.05) is 19.0 Å². The Morgan fingerprint density at radius 3 is 2.56 bits per heavy atom. The molecule has 1 aliphatic heterocycles. The van der Waals surface area contributed by atoms with Crippen LogP contribution >= 0.6 is 37.2 Å². The van der Waals surface area contributed by atoms with Crippen LogP contribution in [0.1, 0.15) is 81.4 Å². The standard InChI is InChI=1S/C29H42N8O.3ClH/c1-38-24-7-3-2-6-20(24)17-37-15-5-4-8-25(37)33-23-12-9-19(16-23)26-27-28(32-18-31-27)36-29(35-26)34-22-13-10-21(30)11-14-22;;;/h2-3,6-7,18-19,21-23,25,33H,4-5,8-17,30H2,1H3,(H2,31,32,34,35,36);3*1H. The molecule has 3 aliphatic rings. The average Bonchev–Trinajstić information content (AvgIpc) is 3.61. The van der Waals surface area contributed by atoms with Crippen LogP contribution in [0.5, 0.6) is 5.75 Å². The highest BCUT2D eigenvalue weighted by Crippen LogP contribution is 2.37. The number of para-hydroxylation sites is 1. The summed E-state index contributed by atoms with van der Waals surface area (Å²) < 4.78 is 5.63. The van der Waals surface area contributed by atoms with Crippen LogP contribution in [0.15, 0.2) is 30.6 Å². The highest BCUT2D eigenvalue weighted by atomic mass is 35.5. The molecule has 0 bridgehead atoms. The molecule has 1 aromatic carbocycles. The van der Waals surface area contributed by atoms with E-state index in [9.17, 15) is 0 Å². The smallest absolute Gasteiger partial charge is 0.225 e. The lowest BCUT2D eigenvalue weighted by Gasteiger charge is -2.38. The summed E-state index contributed by atoms with van der Waals surface area (Å²) in [5.41, 5.74) is 10.2. The van der Waals surface area contributed by atoms with Crippen molar-refractivity contribution in [3.8, 4) is 5.75 Å². The quantitative estimate of drug-likeness (QED) is 0.257. The van der Waals surface area contributed by atoms with Gasteiger partial charge in [0, 0.05) is 36.2 Å². The van der Waals surface area contributed by atoms with E-state index in [4.69, 9.17) is 20.4 Å². The van der Waals surface area contributed by atoms with Gasteiger partial charge >= 0.3 is 0 Å². The maximum atomic E-state index is 6.11. The second-order valence-electron chi connectivity index (χ2n) is 11.5. The molecule has 1 saturated heterocycles. The Bertz CT molecular complexity index is 1220. The van der Waals surface area contributed by atoms with Crippen LogP contribution in [-0.4, -0.2) is 62.8 Å². The predicted molar refractivity (Wildman–Crippen MR) is 172 cm³/mol. The molecule has 2 aliphatic carbocycles. The van der Waals surface area contributed by atoms with Crippen molar-refractivity contribution >= 4 is 54.3 Å². The van der Waals surface area contributed by atoms with Gasteiger partial charge in [-0.2, -0.15) is 4.98 Å². The summed E-state index contributed by atoms with van der Waals surface area (Å²) in [4.78, 5) is 20.2. The molecular formula is C29H45Cl3N8O. The van der Waals surface area contributed by atoms with E-state index in [1.807, 2.05) is 6.07 Å². The fraction of sp³-hybridized carbons (Fsp3) is 0.621. The van der Waals surface area contributed by atoms with Gasteiger partial charge in [0.05, 0.1) is 25.3 Å². The van der Waals surface area contributed by atoms with Gasteiger partial charge in [0.15, 0.2) is 5.65 Å². The molecule has 9 nitrogen and oxygen atoms in total. The lowest BCUT2D eigenvalue weighted by molar-refractivity contribution is 0.101. The van der Waals surface area contributed by atoms with Crippen LogP contribution in [0.2, 0.25) is 0 Å². The Labute approximate surface area is 261 Å². The molecule has 0 amide bonds. The van der Waals surface area contributed by atoms with Crippen LogP contribution < -0.4 is 21.1 Å². The molecule has 3 aromatic rings. The first-order valence-electron chi connectivity index (χ1n) is 14.5. The molecule has 6 rings (SSSR count). The minimum Gasteiger partial charge on any atom is -0.496 e. The van der Waals surface area contributed by atoms with Gasteiger partial charge in [-0.25, -0.2) is 9.97 Å². The van der Waals surface area contributed by atoms with Gasteiger partial charge in [-0.05, 0) is 76.8 Å². The molecule has 228 valence electrons. The number of nitrogens with one attached hydrogen (secondary N) is 3. The van der Waals surface area contributed by atoms with Gasteiger partial charge in [0.25, 0.3) is 0 Å². The van der Waals surface area contributed by atoms with Crippen LogP contribution in [-0.2, 0) is 6.54 Å². The number of hydrogen-bond acceptors (Lipinski definition) is 8. The lowest BCUT2D eigenvalue weighted by Crippen LogP contribution is -2.51. The van der Waals surface area contributed by atoms with E-state index in [2.05, 4.69) is 43.7 Å². The van der Waals surface area contributed by atoms with Crippen molar-refractivity contribution < 1.29 is 4.74 Å². The third kappa shape index (κ3) is 7.94. The van der Waals surface area contributed by atoms with E-state index in [0.29, 0.717) is 36.2 Å². The van der Waals surface area contributed by atoms with Gasteiger partial charge in [-0.15, -0.1) is 37.2 Å². The molecule has 5 N–H and O–H groups in total. The summed E-state index contributed by atoms with van der Waals surface area (Å²) >= 11 is 0. The van der Waals surface area contributed by atoms with E-state index in [1.54, 1.807) is 13.4 Å². The normalized spacial score (nSPS) is 26.4. The Morgan fingerprint density at radius 1 is 0.976 bits per heavy atom. The number of ether oxygens (including phenoxy) is 1. The van der Waals surface area contributed by atoms with E-state index in [0.717, 1.165) is 80.6 Å². The van der Waals surface area contributed by atoms with Gasteiger partial charge in [-0.1, -0.05) is 18.2 Å². The number of halogens is 3. The maximum Gasteiger partial charge on any atom is 0.225 e. The highest BCUT2D eigenvalue weighted by Gasteiger charge is 2.33. The number of H-pyrrole nitrogens is 1. The topological polar surface area (TPSA) is 117 Å². The summed E-state index contributed by atoms with van der Waals surface area (Å²) in [6.45, 7) is 2.03. The molecule has 2 aromatic heterocycles. The number of hydrogen-bond donors (Lipinski definition) is 4. The first kappa shape index (κ1) is 33.6. The fourth-order valence-corrected chi connectivity index (χ4v) is 6.74. The molecule has 41 heavy (non-hydrogen) atoms.